The minimum absolute atomic E-state index is 0.00766. The highest BCUT2D eigenvalue weighted by atomic mass is 16.5. The quantitative estimate of drug-likeness (QED) is 0.473. The molecule has 9 nitrogen and oxygen atoms in total. The fraction of sp³-hybridized carbons (Fsp3) is 0.318. The number of carbonyl (C=O) groups excluding carboxylic acids is 3. The lowest BCUT2D eigenvalue weighted by Gasteiger charge is -2.19. The Morgan fingerprint density at radius 1 is 0.935 bits per heavy atom. The number of rotatable bonds is 12. The van der Waals surface area contributed by atoms with Crippen molar-refractivity contribution >= 4 is 29.1 Å². The molecule has 0 spiro atoms. The van der Waals surface area contributed by atoms with Gasteiger partial charge in [-0.2, -0.15) is 0 Å². The van der Waals surface area contributed by atoms with Crippen molar-refractivity contribution in [3.05, 3.63) is 54.1 Å². The zero-order valence-electron chi connectivity index (χ0n) is 17.7. The van der Waals surface area contributed by atoms with E-state index in [9.17, 15) is 14.4 Å². The molecule has 0 aliphatic heterocycles. The zero-order chi connectivity index (χ0) is 22.6. The second kappa shape index (κ2) is 12.3. The summed E-state index contributed by atoms with van der Waals surface area (Å²) in [4.78, 5) is 37.4. The number of methoxy groups -OCH3 is 1. The minimum Gasteiger partial charge on any atom is -0.494 e. The van der Waals surface area contributed by atoms with Crippen molar-refractivity contribution in [2.75, 3.05) is 50.6 Å². The lowest BCUT2D eigenvalue weighted by Crippen LogP contribution is -2.40. The molecule has 0 radical (unpaired) electrons. The fourth-order valence-electron chi connectivity index (χ4n) is 2.77. The molecular formula is C22H28N4O5. The van der Waals surface area contributed by atoms with Crippen LogP contribution >= 0.6 is 0 Å². The summed E-state index contributed by atoms with van der Waals surface area (Å²) in [7, 11) is 1.54. The molecular weight excluding hydrogens is 400 g/mol. The molecule has 0 fully saturated rings. The van der Waals surface area contributed by atoms with Crippen molar-refractivity contribution in [2.24, 2.45) is 5.73 Å². The minimum atomic E-state index is -0.521. The van der Waals surface area contributed by atoms with E-state index in [-0.39, 0.29) is 24.9 Å². The Labute approximate surface area is 181 Å². The third-order valence-electron chi connectivity index (χ3n) is 4.21. The molecule has 166 valence electrons. The Bertz CT molecular complexity index is 868. The molecule has 0 aromatic heterocycles. The van der Waals surface area contributed by atoms with Gasteiger partial charge in [0.05, 0.1) is 26.3 Å². The van der Waals surface area contributed by atoms with Crippen LogP contribution in [-0.2, 0) is 14.3 Å². The lowest BCUT2D eigenvalue weighted by atomic mass is 10.2. The van der Waals surface area contributed by atoms with Crippen LogP contribution in [0.15, 0.2) is 48.5 Å². The second-order valence-electron chi connectivity index (χ2n) is 6.71. The summed E-state index contributed by atoms with van der Waals surface area (Å²) < 4.78 is 10.4. The van der Waals surface area contributed by atoms with Crippen molar-refractivity contribution in [1.29, 1.82) is 0 Å². The fourth-order valence-corrected chi connectivity index (χ4v) is 2.77. The molecule has 31 heavy (non-hydrogen) atoms. The van der Waals surface area contributed by atoms with Crippen LogP contribution < -0.4 is 21.1 Å². The molecule has 9 heteroatoms. The van der Waals surface area contributed by atoms with Crippen LogP contribution in [0.2, 0.25) is 0 Å². The molecule has 4 N–H and O–H groups in total. The number of anilines is 2. The number of carbonyl (C=O) groups is 3. The first-order valence-corrected chi connectivity index (χ1v) is 9.85. The standard InChI is InChI=1S/C22H28N4O5/c1-3-31-19-10-8-18(9-11-19)25-22(29)16-4-6-17(7-5-16)24-21(28)15-26(12-13-30-2)14-20(23)27/h4-11H,3,12-15H2,1-2H3,(H2,23,27)(H,24,28)(H,25,29). The summed E-state index contributed by atoms with van der Waals surface area (Å²) in [5.74, 6) is -0.359. The van der Waals surface area contributed by atoms with Crippen LogP contribution in [0.4, 0.5) is 11.4 Å². The Kier molecular flexibility index (Phi) is 9.47. The summed E-state index contributed by atoms with van der Waals surface area (Å²) in [6.45, 7) is 3.20. The van der Waals surface area contributed by atoms with Gasteiger partial charge >= 0.3 is 0 Å². The molecule has 0 unspecified atom stereocenters. The van der Waals surface area contributed by atoms with Gasteiger partial charge in [-0.25, -0.2) is 0 Å². The van der Waals surface area contributed by atoms with E-state index in [0.717, 1.165) is 5.75 Å². The average Bonchev–Trinajstić information content (AvgIpc) is 2.73. The van der Waals surface area contributed by atoms with Gasteiger partial charge in [0.2, 0.25) is 11.8 Å². The highest BCUT2D eigenvalue weighted by molar-refractivity contribution is 6.04. The lowest BCUT2D eigenvalue weighted by molar-refractivity contribution is -0.121. The van der Waals surface area contributed by atoms with Crippen LogP contribution in [-0.4, -0.2) is 62.6 Å². The van der Waals surface area contributed by atoms with Gasteiger partial charge in [0.25, 0.3) is 5.91 Å². The van der Waals surface area contributed by atoms with Gasteiger partial charge in [-0.3, -0.25) is 19.3 Å². The molecule has 3 amide bonds. The SMILES string of the molecule is CCOc1ccc(NC(=O)c2ccc(NC(=O)CN(CCOC)CC(N)=O)cc2)cc1. The van der Waals surface area contributed by atoms with Crippen molar-refractivity contribution in [1.82, 2.24) is 4.90 Å². The number of nitrogens with one attached hydrogen (secondary N) is 2. The predicted molar refractivity (Wildman–Crippen MR) is 118 cm³/mol. The third kappa shape index (κ3) is 8.45. The molecule has 0 bridgehead atoms. The topological polar surface area (TPSA) is 123 Å². The van der Waals surface area contributed by atoms with Crippen LogP contribution in [0.3, 0.4) is 0 Å². The monoisotopic (exact) mass is 428 g/mol. The number of ether oxygens (including phenoxy) is 2. The average molecular weight is 428 g/mol. The van der Waals surface area contributed by atoms with Gasteiger partial charge in [0.1, 0.15) is 5.75 Å². The maximum atomic E-state index is 12.4. The first-order chi connectivity index (χ1) is 14.9. The number of primary amides is 1. The van der Waals surface area contributed by atoms with Gasteiger partial charge in [-0.05, 0) is 55.5 Å². The molecule has 0 saturated carbocycles. The molecule has 0 aliphatic carbocycles. The van der Waals surface area contributed by atoms with Crippen molar-refractivity contribution in [2.45, 2.75) is 6.92 Å². The van der Waals surface area contributed by atoms with E-state index in [1.54, 1.807) is 53.4 Å². The number of hydrogen-bond donors (Lipinski definition) is 3. The number of benzene rings is 2. The number of amides is 3. The smallest absolute Gasteiger partial charge is 0.255 e. The van der Waals surface area contributed by atoms with E-state index < -0.39 is 5.91 Å². The van der Waals surface area contributed by atoms with E-state index in [4.69, 9.17) is 15.2 Å². The highest BCUT2D eigenvalue weighted by Crippen LogP contribution is 2.17. The van der Waals surface area contributed by atoms with Crippen LogP contribution in [0, 0.1) is 0 Å². The largest absolute Gasteiger partial charge is 0.494 e. The highest BCUT2D eigenvalue weighted by Gasteiger charge is 2.13. The van der Waals surface area contributed by atoms with Crippen LogP contribution in [0.25, 0.3) is 0 Å². The summed E-state index contributed by atoms with van der Waals surface area (Å²) >= 11 is 0. The van der Waals surface area contributed by atoms with E-state index in [0.29, 0.717) is 36.7 Å². The molecule has 2 aromatic rings. The molecule has 0 atom stereocenters. The Balaban J connectivity index is 1.90. The zero-order valence-corrected chi connectivity index (χ0v) is 17.7. The van der Waals surface area contributed by atoms with E-state index in [2.05, 4.69) is 10.6 Å². The second-order valence-corrected chi connectivity index (χ2v) is 6.71. The van der Waals surface area contributed by atoms with Gasteiger partial charge < -0.3 is 25.8 Å². The Morgan fingerprint density at radius 3 is 2.13 bits per heavy atom. The summed E-state index contributed by atoms with van der Waals surface area (Å²) in [6.07, 6.45) is 0. The van der Waals surface area contributed by atoms with E-state index >= 15 is 0 Å². The number of nitrogens with two attached hydrogens (primary N) is 1. The molecule has 0 saturated heterocycles. The van der Waals surface area contributed by atoms with Crippen molar-refractivity contribution in [3.63, 3.8) is 0 Å². The van der Waals surface area contributed by atoms with Gasteiger partial charge in [0.15, 0.2) is 0 Å². The molecule has 2 aromatic carbocycles. The first-order valence-electron chi connectivity index (χ1n) is 9.85. The van der Waals surface area contributed by atoms with Crippen LogP contribution in [0.5, 0.6) is 5.75 Å². The molecule has 2 rings (SSSR count). The van der Waals surface area contributed by atoms with Crippen molar-refractivity contribution in [3.8, 4) is 5.75 Å². The number of hydrogen-bond acceptors (Lipinski definition) is 6. The Hall–Kier alpha value is -3.43. The molecule has 0 aliphatic rings. The Morgan fingerprint density at radius 2 is 1.55 bits per heavy atom. The summed E-state index contributed by atoms with van der Waals surface area (Å²) in [5.41, 5.74) is 6.85. The van der Waals surface area contributed by atoms with Gasteiger partial charge in [0, 0.05) is 30.6 Å². The number of nitrogens with zero attached hydrogens (tertiary/aromatic N) is 1. The normalized spacial score (nSPS) is 10.5. The predicted octanol–water partition coefficient (Wildman–Crippen LogP) is 1.71. The van der Waals surface area contributed by atoms with E-state index in [1.807, 2.05) is 6.92 Å². The summed E-state index contributed by atoms with van der Waals surface area (Å²) in [5, 5.41) is 5.54. The molecule has 0 heterocycles. The summed E-state index contributed by atoms with van der Waals surface area (Å²) in [6, 6.07) is 13.6. The van der Waals surface area contributed by atoms with Crippen LogP contribution in [0.1, 0.15) is 17.3 Å². The third-order valence-corrected chi connectivity index (χ3v) is 4.21. The van der Waals surface area contributed by atoms with Crippen molar-refractivity contribution < 1.29 is 23.9 Å². The van der Waals surface area contributed by atoms with Gasteiger partial charge in [-0.1, -0.05) is 0 Å². The van der Waals surface area contributed by atoms with E-state index in [1.165, 1.54) is 7.11 Å². The van der Waals surface area contributed by atoms with Gasteiger partial charge in [-0.15, -0.1) is 0 Å². The maximum absolute atomic E-state index is 12.4. The maximum Gasteiger partial charge on any atom is 0.255 e. The first kappa shape index (κ1) is 23.8.